The highest BCUT2D eigenvalue weighted by molar-refractivity contribution is 5.77. The molecule has 112 valence electrons. The van der Waals surface area contributed by atoms with E-state index in [1.807, 2.05) is 13.8 Å². The molecule has 0 aromatic heterocycles. The number of ether oxygens (including phenoxy) is 1. The molecule has 6 heteroatoms. The van der Waals surface area contributed by atoms with E-state index in [0.29, 0.717) is 19.4 Å². The van der Waals surface area contributed by atoms with E-state index >= 15 is 0 Å². The van der Waals surface area contributed by atoms with E-state index in [4.69, 9.17) is 4.74 Å². The number of carbonyl (C=O) groups excluding carboxylic acids is 1. The van der Waals surface area contributed by atoms with Crippen molar-refractivity contribution in [2.24, 2.45) is 0 Å². The normalized spacial score (nSPS) is 11.8. The third-order valence-corrected chi connectivity index (χ3v) is 2.93. The van der Waals surface area contributed by atoms with Gasteiger partial charge in [-0.05, 0) is 32.0 Å². The number of hydrogen-bond acceptors (Lipinski definition) is 3. The lowest BCUT2D eigenvalue weighted by Gasteiger charge is -2.31. The first-order chi connectivity index (χ1) is 9.31. The first kappa shape index (κ1) is 16.5. The number of anilines is 1. The van der Waals surface area contributed by atoms with Gasteiger partial charge >= 0.3 is 6.18 Å². The van der Waals surface area contributed by atoms with Crippen LogP contribution >= 0.6 is 0 Å². The number of aldehydes is 1. The molecule has 0 fully saturated rings. The molecule has 20 heavy (non-hydrogen) atoms. The van der Waals surface area contributed by atoms with Crippen molar-refractivity contribution in [1.82, 2.24) is 0 Å². The summed E-state index contributed by atoms with van der Waals surface area (Å²) in [4.78, 5) is 12.3. The number of rotatable bonds is 6. The third kappa shape index (κ3) is 3.96. The lowest BCUT2D eigenvalue weighted by atomic mass is 10.1. The fourth-order valence-corrected chi connectivity index (χ4v) is 1.95. The molecule has 0 saturated carbocycles. The molecule has 0 saturated heterocycles. The van der Waals surface area contributed by atoms with Crippen LogP contribution in [-0.4, -0.2) is 32.6 Å². The smallest absolute Gasteiger partial charge is 0.383 e. The molecular formula is C14H18F3NO2. The maximum absolute atomic E-state index is 13.1. The standard InChI is InChI=1S/C14H18F3NO2/c1-10(2)18(6-7-20-3)13-5-4-11(9-19)8-12(13)14(15,16)17/h4-5,8-10H,6-7H2,1-3H3. The van der Waals surface area contributed by atoms with E-state index in [1.54, 1.807) is 4.90 Å². The maximum Gasteiger partial charge on any atom is 0.418 e. The van der Waals surface area contributed by atoms with Gasteiger partial charge in [-0.1, -0.05) is 0 Å². The van der Waals surface area contributed by atoms with Crippen molar-refractivity contribution >= 4 is 12.0 Å². The van der Waals surface area contributed by atoms with Crippen LogP contribution in [0.15, 0.2) is 18.2 Å². The van der Waals surface area contributed by atoms with Crippen molar-refractivity contribution < 1.29 is 22.7 Å². The number of hydrogen-bond donors (Lipinski definition) is 0. The van der Waals surface area contributed by atoms with Crippen LogP contribution in [0, 0.1) is 0 Å². The molecule has 0 aliphatic rings. The molecule has 1 rings (SSSR count). The molecule has 1 aromatic rings. The Labute approximate surface area is 116 Å². The maximum atomic E-state index is 13.1. The van der Waals surface area contributed by atoms with Gasteiger partial charge in [0.25, 0.3) is 0 Å². The second kappa shape index (κ2) is 6.74. The molecule has 0 unspecified atom stereocenters. The van der Waals surface area contributed by atoms with Crippen LogP contribution in [0.2, 0.25) is 0 Å². The van der Waals surface area contributed by atoms with Crippen LogP contribution in [0.3, 0.4) is 0 Å². The molecule has 3 nitrogen and oxygen atoms in total. The number of carbonyl (C=O) groups is 1. The summed E-state index contributed by atoms with van der Waals surface area (Å²) in [5.41, 5.74) is -0.724. The van der Waals surface area contributed by atoms with Crippen molar-refractivity contribution in [2.75, 3.05) is 25.2 Å². The minimum Gasteiger partial charge on any atom is -0.383 e. The number of halogens is 3. The Morgan fingerprint density at radius 2 is 2.00 bits per heavy atom. The quantitative estimate of drug-likeness (QED) is 0.752. The van der Waals surface area contributed by atoms with Crippen molar-refractivity contribution in [1.29, 1.82) is 0 Å². The van der Waals surface area contributed by atoms with E-state index in [1.165, 1.54) is 19.2 Å². The molecule has 0 heterocycles. The number of methoxy groups -OCH3 is 1. The van der Waals surface area contributed by atoms with Crippen LogP contribution < -0.4 is 4.90 Å². The lowest BCUT2D eigenvalue weighted by molar-refractivity contribution is -0.137. The second-order valence-electron chi connectivity index (χ2n) is 4.67. The van der Waals surface area contributed by atoms with Gasteiger partial charge in [-0.15, -0.1) is 0 Å². The zero-order valence-corrected chi connectivity index (χ0v) is 11.7. The van der Waals surface area contributed by atoms with E-state index < -0.39 is 11.7 Å². The highest BCUT2D eigenvalue weighted by atomic mass is 19.4. The number of nitrogens with zero attached hydrogens (tertiary/aromatic N) is 1. The van der Waals surface area contributed by atoms with Crippen LogP contribution in [0.5, 0.6) is 0 Å². The summed E-state index contributed by atoms with van der Waals surface area (Å²) >= 11 is 0. The van der Waals surface area contributed by atoms with Gasteiger partial charge in [0.2, 0.25) is 0 Å². The van der Waals surface area contributed by atoms with Gasteiger partial charge in [-0.2, -0.15) is 13.2 Å². The van der Waals surface area contributed by atoms with Gasteiger partial charge in [0.1, 0.15) is 6.29 Å². The van der Waals surface area contributed by atoms with Gasteiger partial charge in [0, 0.05) is 30.9 Å². The first-order valence-electron chi connectivity index (χ1n) is 6.23. The highest BCUT2D eigenvalue weighted by Crippen LogP contribution is 2.37. The Morgan fingerprint density at radius 1 is 1.35 bits per heavy atom. The Balaban J connectivity index is 3.29. The molecule has 0 atom stereocenters. The number of alkyl halides is 3. The Bertz CT molecular complexity index is 458. The summed E-state index contributed by atoms with van der Waals surface area (Å²) in [7, 11) is 1.50. The van der Waals surface area contributed by atoms with Gasteiger partial charge in [-0.25, -0.2) is 0 Å². The average molecular weight is 289 g/mol. The summed E-state index contributed by atoms with van der Waals surface area (Å²) < 4.78 is 44.3. The Kier molecular flexibility index (Phi) is 5.56. The summed E-state index contributed by atoms with van der Waals surface area (Å²) in [6.45, 7) is 4.29. The molecule has 0 aliphatic carbocycles. The Morgan fingerprint density at radius 3 is 2.45 bits per heavy atom. The molecule has 0 bridgehead atoms. The van der Waals surface area contributed by atoms with Crippen LogP contribution in [0.25, 0.3) is 0 Å². The summed E-state index contributed by atoms with van der Waals surface area (Å²) in [5, 5.41) is 0. The number of benzene rings is 1. The molecule has 0 amide bonds. The van der Waals surface area contributed by atoms with Gasteiger partial charge < -0.3 is 9.64 Å². The predicted molar refractivity (Wildman–Crippen MR) is 71.2 cm³/mol. The minimum atomic E-state index is -4.51. The minimum absolute atomic E-state index is 0.0107. The Hall–Kier alpha value is -1.56. The fourth-order valence-electron chi connectivity index (χ4n) is 1.95. The van der Waals surface area contributed by atoms with Crippen LogP contribution in [0.1, 0.15) is 29.8 Å². The average Bonchev–Trinajstić information content (AvgIpc) is 2.37. The van der Waals surface area contributed by atoms with E-state index in [9.17, 15) is 18.0 Å². The van der Waals surface area contributed by atoms with Gasteiger partial charge in [0.15, 0.2) is 0 Å². The summed E-state index contributed by atoms with van der Waals surface area (Å²) in [6, 6.07) is 3.49. The van der Waals surface area contributed by atoms with Crippen molar-refractivity contribution in [2.45, 2.75) is 26.1 Å². The lowest BCUT2D eigenvalue weighted by Crippen LogP contribution is -2.35. The van der Waals surface area contributed by atoms with E-state index in [0.717, 1.165) is 6.07 Å². The van der Waals surface area contributed by atoms with Crippen molar-refractivity contribution in [3.63, 3.8) is 0 Å². The molecule has 1 aromatic carbocycles. The van der Waals surface area contributed by atoms with Gasteiger partial charge in [0.05, 0.1) is 12.2 Å². The van der Waals surface area contributed by atoms with Crippen molar-refractivity contribution in [3.8, 4) is 0 Å². The summed E-state index contributed by atoms with van der Waals surface area (Å²) in [5.74, 6) is 0. The monoisotopic (exact) mass is 289 g/mol. The highest BCUT2D eigenvalue weighted by Gasteiger charge is 2.35. The predicted octanol–water partition coefficient (Wildman–Crippen LogP) is 3.38. The zero-order chi connectivity index (χ0) is 15.3. The van der Waals surface area contributed by atoms with Crippen LogP contribution in [0.4, 0.5) is 18.9 Å². The molecule has 0 spiro atoms. The van der Waals surface area contributed by atoms with E-state index in [2.05, 4.69) is 0 Å². The molecule has 0 N–H and O–H groups in total. The summed E-state index contributed by atoms with van der Waals surface area (Å²) in [6.07, 6.45) is -4.09. The van der Waals surface area contributed by atoms with Crippen molar-refractivity contribution in [3.05, 3.63) is 29.3 Å². The molecule has 0 radical (unpaired) electrons. The molecular weight excluding hydrogens is 271 g/mol. The topological polar surface area (TPSA) is 29.5 Å². The fraction of sp³-hybridized carbons (Fsp3) is 0.500. The third-order valence-electron chi connectivity index (χ3n) is 2.93. The van der Waals surface area contributed by atoms with Gasteiger partial charge in [-0.3, -0.25) is 4.79 Å². The zero-order valence-electron chi connectivity index (χ0n) is 11.7. The largest absolute Gasteiger partial charge is 0.418 e. The SMILES string of the molecule is COCCN(c1ccc(C=O)cc1C(F)(F)F)C(C)C. The second-order valence-corrected chi connectivity index (χ2v) is 4.67. The van der Waals surface area contributed by atoms with Crippen LogP contribution in [-0.2, 0) is 10.9 Å². The molecule has 0 aliphatic heterocycles. The first-order valence-corrected chi connectivity index (χ1v) is 6.23. The van der Waals surface area contributed by atoms with E-state index in [-0.39, 0.29) is 17.3 Å².